The van der Waals surface area contributed by atoms with Gasteiger partial charge in [-0.3, -0.25) is 9.59 Å². The Morgan fingerprint density at radius 3 is 2.45 bits per heavy atom. The number of amides is 2. The van der Waals surface area contributed by atoms with Crippen molar-refractivity contribution >= 4 is 17.5 Å². The number of benzene rings is 2. The maximum absolute atomic E-state index is 13.4. The number of carbonyl (C=O) groups is 2. The molecule has 0 saturated carbocycles. The van der Waals surface area contributed by atoms with Gasteiger partial charge in [0, 0.05) is 42.4 Å². The third kappa shape index (κ3) is 4.86. The minimum atomic E-state index is -0.538. The normalized spacial score (nSPS) is 16.0. The Morgan fingerprint density at radius 2 is 1.84 bits per heavy atom. The molecule has 1 aliphatic rings. The van der Waals surface area contributed by atoms with Crippen LogP contribution in [0.25, 0.3) is 0 Å². The maximum atomic E-state index is 13.4. The average Bonchev–Trinajstić information content (AvgIpc) is 2.76. The molecule has 1 aliphatic heterocycles. The minimum Gasteiger partial charge on any atom is -0.493 e. The van der Waals surface area contributed by atoms with Crippen LogP contribution in [0.5, 0.6) is 11.5 Å². The molecule has 0 fully saturated rings. The van der Waals surface area contributed by atoms with E-state index < -0.39 is 17.6 Å². The highest BCUT2D eigenvalue weighted by molar-refractivity contribution is 6.06. The van der Waals surface area contributed by atoms with Crippen LogP contribution in [0.3, 0.4) is 0 Å². The van der Waals surface area contributed by atoms with Gasteiger partial charge in [-0.1, -0.05) is 12.1 Å². The molecule has 0 aromatic heterocycles. The number of anilines is 1. The Kier molecular flexibility index (Phi) is 6.91. The molecule has 2 amide bonds. The fraction of sp³-hybridized carbons (Fsp3) is 0.304. The van der Waals surface area contributed by atoms with Crippen molar-refractivity contribution in [1.82, 2.24) is 4.90 Å². The summed E-state index contributed by atoms with van der Waals surface area (Å²) in [4.78, 5) is 27.1. The number of aryl methyl sites for hydroxylation is 1. The van der Waals surface area contributed by atoms with Gasteiger partial charge in [-0.05, 0) is 36.2 Å². The molecule has 8 heteroatoms. The summed E-state index contributed by atoms with van der Waals surface area (Å²) in [6.07, 6.45) is 1.50. The quantitative estimate of drug-likeness (QED) is 0.708. The highest BCUT2D eigenvalue weighted by atomic mass is 19.1. The van der Waals surface area contributed by atoms with Gasteiger partial charge in [0.2, 0.25) is 5.91 Å². The lowest BCUT2D eigenvalue weighted by Crippen LogP contribution is -2.37. The first-order valence-corrected chi connectivity index (χ1v) is 9.79. The van der Waals surface area contributed by atoms with Crippen LogP contribution in [0.15, 0.2) is 48.2 Å². The van der Waals surface area contributed by atoms with E-state index in [2.05, 4.69) is 5.32 Å². The van der Waals surface area contributed by atoms with E-state index in [-0.39, 0.29) is 25.5 Å². The molecule has 164 valence electrons. The lowest BCUT2D eigenvalue weighted by Gasteiger charge is -2.30. The van der Waals surface area contributed by atoms with Crippen molar-refractivity contribution in [3.05, 3.63) is 65.1 Å². The summed E-state index contributed by atoms with van der Waals surface area (Å²) in [5.41, 5.74) is 2.30. The Labute approximate surface area is 180 Å². The van der Waals surface area contributed by atoms with Crippen molar-refractivity contribution in [1.29, 1.82) is 0 Å². The molecular formula is C23H25FN2O5. The summed E-state index contributed by atoms with van der Waals surface area (Å²) >= 11 is 0. The third-order valence-electron chi connectivity index (χ3n) is 5.22. The van der Waals surface area contributed by atoms with Crippen molar-refractivity contribution in [3.63, 3.8) is 0 Å². The van der Waals surface area contributed by atoms with Crippen LogP contribution >= 0.6 is 0 Å². The molecule has 0 spiro atoms. The maximum Gasteiger partial charge on any atom is 0.253 e. The molecule has 0 aliphatic carbocycles. The van der Waals surface area contributed by atoms with Gasteiger partial charge in [0.1, 0.15) is 5.82 Å². The minimum absolute atomic E-state index is 0.0375. The molecule has 1 heterocycles. The lowest BCUT2D eigenvalue weighted by atomic mass is 9.85. The molecule has 0 saturated heterocycles. The number of ether oxygens (including phenoxy) is 2. The third-order valence-corrected chi connectivity index (χ3v) is 5.22. The van der Waals surface area contributed by atoms with Crippen molar-refractivity contribution in [3.8, 4) is 11.5 Å². The summed E-state index contributed by atoms with van der Waals surface area (Å²) in [6, 6.07) is 9.15. The smallest absolute Gasteiger partial charge is 0.253 e. The molecule has 0 radical (unpaired) electrons. The molecule has 1 unspecified atom stereocenters. The van der Waals surface area contributed by atoms with E-state index >= 15 is 0 Å². The fourth-order valence-corrected chi connectivity index (χ4v) is 3.55. The molecule has 1 atom stereocenters. The molecule has 31 heavy (non-hydrogen) atoms. The number of carbonyl (C=O) groups excluding carboxylic acids is 2. The Morgan fingerprint density at radius 1 is 1.19 bits per heavy atom. The van der Waals surface area contributed by atoms with Gasteiger partial charge in [0.05, 0.1) is 20.8 Å². The number of hydrogen-bond acceptors (Lipinski definition) is 5. The van der Waals surface area contributed by atoms with Gasteiger partial charge in [-0.25, -0.2) is 4.39 Å². The van der Waals surface area contributed by atoms with E-state index in [0.717, 1.165) is 5.56 Å². The monoisotopic (exact) mass is 428 g/mol. The molecule has 7 nitrogen and oxygen atoms in total. The van der Waals surface area contributed by atoms with Crippen LogP contribution in [-0.2, 0) is 9.59 Å². The summed E-state index contributed by atoms with van der Waals surface area (Å²) in [6.45, 7) is 1.68. The summed E-state index contributed by atoms with van der Waals surface area (Å²) < 4.78 is 24.0. The number of rotatable bonds is 7. The molecule has 3 rings (SSSR count). The SMILES string of the molecule is COc1cc(C)c(NC(=O)C2=CN(CCO)C(=O)CC2c2ccc(F)cc2)cc1OC. The number of aliphatic hydroxyl groups is 1. The molecular weight excluding hydrogens is 403 g/mol. The van der Waals surface area contributed by atoms with E-state index in [0.29, 0.717) is 28.3 Å². The zero-order chi connectivity index (χ0) is 22.5. The molecule has 2 aromatic carbocycles. The second kappa shape index (κ2) is 9.61. The fourth-order valence-electron chi connectivity index (χ4n) is 3.55. The number of nitrogens with one attached hydrogen (secondary N) is 1. The van der Waals surface area contributed by atoms with Crippen LogP contribution in [0.1, 0.15) is 23.5 Å². The first-order valence-electron chi connectivity index (χ1n) is 9.79. The highest BCUT2D eigenvalue weighted by Crippen LogP contribution is 2.36. The van der Waals surface area contributed by atoms with Crippen molar-refractivity contribution in [2.24, 2.45) is 0 Å². The van der Waals surface area contributed by atoms with Crippen LogP contribution in [-0.4, -0.2) is 49.2 Å². The first-order chi connectivity index (χ1) is 14.9. The largest absolute Gasteiger partial charge is 0.493 e. The average molecular weight is 428 g/mol. The summed E-state index contributed by atoms with van der Waals surface area (Å²) in [5.74, 6) is -0.554. The Bertz CT molecular complexity index is 1000. The second-order valence-corrected chi connectivity index (χ2v) is 7.18. The predicted molar refractivity (Wildman–Crippen MR) is 114 cm³/mol. The number of hydrogen-bond donors (Lipinski definition) is 2. The van der Waals surface area contributed by atoms with Gasteiger partial charge >= 0.3 is 0 Å². The zero-order valence-electron chi connectivity index (χ0n) is 17.6. The van der Waals surface area contributed by atoms with E-state index in [9.17, 15) is 19.1 Å². The number of β-amino-alcohol motifs (C(OH)–C–C–N with tert-alkyl or cyclic N) is 1. The molecule has 2 aromatic rings. The van der Waals surface area contributed by atoms with Gasteiger partial charge < -0.3 is 24.8 Å². The lowest BCUT2D eigenvalue weighted by molar-refractivity contribution is -0.130. The highest BCUT2D eigenvalue weighted by Gasteiger charge is 2.32. The Hall–Kier alpha value is -3.39. The van der Waals surface area contributed by atoms with Gasteiger partial charge in [-0.15, -0.1) is 0 Å². The van der Waals surface area contributed by atoms with Crippen LogP contribution in [0.2, 0.25) is 0 Å². The predicted octanol–water partition coefficient (Wildman–Crippen LogP) is 2.98. The van der Waals surface area contributed by atoms with Gasteiger partial charge in [0.15, 0.2) is 11.5 Å². The molecule has 0 bridgehead atoms. The summed E-state index contributed by atoms with van der Waals surface area (Å²) in [7, 11) is 3.04. The van der Waals surface area contributed by atoms with E-state index in [1.807, 2.05) is 6.92 Å². The van der Waals surface area contributed by atoms with Crippen molar-refractivity contribution in [2.75, 3.05) is 32.7 Å². The zero-order valence-corrected chi connectivity index (χ0v) is 17.6. The van der Waals surface area contributed by atoms with Crippen LogP contribution in [0, 0.1) is 12.7 Å². The standard InChI is InChI=1S/C23H25FN2O5/c1-14-10-20(30-2)21(31-3)12-19(14)25-23(29)18-13-26(8-9-27)22(28)11-17(18)15-4-6-16(24)7-5-15/h4-7,10,12-13,17,27H,8-9,11H2,1-3H3,(H,25,29). The van der Waals surface area contributed by atoms with Crippen molar-refractivity contribution < 1.29 is 28.6 Å². The second-order valence-electron chi connectivity index (χ2n) is 7.18. The Balaban J connectivity index is 1.97. The number of methoxy groups -OCH3 is 2. The number of aliphatic hydroxyl groups excluding tert-OH is 1. The van der Waals surface area contributed by atoms with E-state index in [1.165, 1.54) is 37.5 Å². The van der Waals surface area contributed by atoms with Crippen LogP contribution < -0.4 is 14.8 Å². The van der Waals surface area contributed by atoms with Crippen LogP contribution in [0.4, 0.5) is 10.1 Å². The summed E-state index contributed by atoms with van der Waals surface area (Å²) in [5, 5.41) is 12.1. The van der Waals surface area contributed by atoms with Crippen molar-refractivity contribution in [2.45, 2.75) is 19.3 Å². The van der Waals surface area contributed by atoms with Gasteiger partial charge in [-0.2, -0.15) is 0 Å². The first kappa shape index (κ1) is 22.3. The number of nitrogens with zero attached hydrogens (tertiary/aromatic N) is 1. The topological polar surface area (TPSA) is 88.1 Å². The molecule has 2 N–H and O–H groups in total. The number of halogens is 1. The van der Waals surface area contributed by atoms with E-state index in [4.69, 9.17) is 9.47 Å². The van der Waals surface area contributed by atoms with Gasteiger partial charge in [0.25, 0.3) is 5.91 Å². The van der Waals surface area contributed by atoms with E-state index in [1.54, 1.807) is 24.3 Å².